The van der Waals surface area contributed by atoms with Gasteiger partial charge >= 0.3 is 29.6 Å². The van der Waals surface area contributed by atoms with Crippen molar-refractivity contribution >= 4 is 22.7 Å². The molecule has 0 aliphatic carbocycles. The van der Waals surface area contributed by atoms with Crippen LogP contribution in [0.4, 0.5) is 0 Å². The molecule has 0 fully saturated rings. The van der Waals surface area contributed by atoms with Crippen LogP contribution in [-0.4, -0.2) is 25.3 Å². The summed E-state index contributed by atoms with van der Waals surface area (Å²) in [5, 5.41) is 0. The number of rotatable bonds is 2. The normalized spacial score (nSPS) is 9.75. The monoisotopic (exact) mass is 271 g/mol. The van der Waals surface area contributed by atoms with Crippen molar-refractivity contribution in [1.82, 2.24) is 0 Å². The van der Waals surface area contributed by atoms with E-state index >= 15 is 0 Å². The molecule has 0 saturated carbocycles. The summed E-state index contributed by atoms with van der Waals surface area (Å²) in [6, 6.07) is 5.78. The van der Waals surface area contributed by atoms with Crippen molar-refractivity contribution in [2.24, 2.45) is 5.73 Å². The molecule has 0 aliphatic rings. The van der Waals surface area contributed by atoms with Crippen LogP contribution in [0.15, 0.2) is 29.2 Å². The van der Waals surface area contributed by atoms with Gasteiger partial charge in [0.05, 0.1) is 4.90 Å². The summed E-state index contributed by atoms with van der Waals surface area (Å²) >= 11 is 3.80. The molecule has 86 valence electrons. The SMILES string of the molecule is Cc1ccc(S(=O)(=O)[O-])cc1.NCCS.[Na+]. The molecule has 1 rings (SSSR count). The minimum absolute atomic E-state index is 0. The van der Waals surface area contributed by atoms with Crippen molar-refractivity contribution in [3.05, 3.63) is 29.8 Å². The summed E-state index contributed by atoms with van der Waals surface area (Å²) in [7, 11) is -4.27. The summed E-state index contributed by atoms with van der Waals surface area (Å²) in [6.07, 6.45) is 0. The summed E-state index contributed by atoms with van der Waals surface area (Å²) < 4.78 is 31.2. The molecule has 2 N–H and O–H groups in total. The van der Waals surface area contributed by atoms with Gasteiger partial charge in [-0.05, 0) is 19.1 Å². The Morgan fingerprint density at radius 2 is 1.69 bits per heavy atom. The number of thiol groups is 1. The van der Waals surface area contributed by atoms with Crippen LogP contribution < -0.4 is 35.3 Å². The van der Waals surface area contributed by atoms with Gasteiger partial charge in [-0.25, -0.2) is 8.42 Å². The molecule has 0 radical (unpaired) electrons. The van der Waals surface area contributed by atoms with E-state index in [1.54, 1.807) is 12.1 Å². The van der Waals surface area contributed by atoms with Crippen molar-refractivity contribution < 1.29 is 42.5 Å². The zero-order chi connectivity index (χ0) is 11.9. The molecule has 1 aromatic carbocycles. The van der Waals surface area contributed by atoms with Gasteiger partial charge < -0.3 is 10.3 Å². The van der Waals surface area contributed by atoms with Gasteiger partial charge in [-0.15, -0.1) is 0 Å². The largest absolute Gasteiger partial charge is 1.00 e. The fourth-order valence-electron chi connectivity index (χ4n) is 0.705. The van der Waals surface area contributed by atoms with E-state index in [-0.39, 0.29) is 34.5 Å². The van der Waals surface area contributed by atoms with Gasteiger partial charge in [-0.1, -0.05) is 17.7 Å². The zero-order valence-corrected chi connectivity index (χ0v) is 13.1. The molecule has 0 bridgehead atoms. The number of hydrogen-bond acceptors (Lipinski definition) is 5. The van der Waals surface area contributed by atoms with E-state index in [0.717, 1.165) is 11.3 Å². The van der Waals surface area contributed by atoms with Crippen molar-refractivity contribution in [1.29, 1.82) is 0 Å². The zero-order valence-electron chi connectivity index (χ0n) is 9.38. The standard InChI is InChI=1S/C7H8O3S.C2H7NS.Na/c1-6-2-4-7(5-3-6)11(8,9)10;3-1-2-4;/h2-5H,1H3,(H,8,9,10);4H,1-3H2;/q;;+1/p-1. The van der Waals surface area contributed by atoms with E-state index in [9.17, 15) is 13.0 Å². The second kappa shape index (κ2) is 9.47. The van der Waals surface area contributed by atoms with Crippen LogP contribution in [0.25, 0.3) is 0 Å². The minimum atomic E-state index is -4.27. The molecule has 0 aliphatic heterocycles. The Balaban J connectivity index is 0. The quantitative estimate of drug-likeness (QED) is 0.362. The molecular formula is C9H14NNaO3S2. The topological polar surface area (TPSA) is 83.2 Å². The van der Waals surface area contributed by atoms with Crippen molar-refractivity contribution in [2.75, 3.05) is 12.3 Å². The molecule has 0 spiro atoms. The predicted octanol–water partition coefficient (Wildman–Crippen LogP) is -2.22. The summed E-state index contributed by atoms with van der Waals surface area (Å²) in [5.74, 6) is 0.792. The Morgan fingerprint density at radius 3 is 1.94 bits per heavy atom. The maximum Gasteiger partial charge on any atom is 1.00 e. The van der Waals surface area contributed by atoms with E-state index < -0.39 is 10.1 Å². The van der Waals surface area contributed by atoms with E-state index in [1.807, 2.05) is 6.92 Å². The minimum Gasteiger partial charge on any atom is -0.744 e. The fraction of sp³-hybridized carbons (Fsp3) is 0.333. The molecule has 0 atom stereocenters. The molecule has 7 heteroatoms. The molecule has 1 aromatic rings. The molecular weight excluding hydrogens is 257 g/mol. The Kier molecular flexibility index (Phi) is 11.1. The molecule has 0 unspecified atom stereocenters. The van der Waals surface area contributed by atoms with Crippen LogP contribution >= 0.6 is 12.6 Å². The molecule has 0 saturated heterocycles. The first kappa shape index (κ1) is 18.8. The summed E-state index contributed by atoms with van der Waals surface area (Å²) in [5.41, 5.74) is 5.88. The molecule has 0 aromatic heterocycles. The van der Waals surface area contributed by atoms with Crippen LogP contribution in [0, 0.1) is 6.92 Å². The van der Waals surface area contributed by atoms with Crippen LogP contribution in [0.5, 0.6) is 0 Å². The Morgan fingerprint density at radius 1 is 1.31 bits per heavy atom. The number of aryl methyl sites for hydroxylation is 1. The third-order valence-corrected chi connectivity index (χ3v) is 2.55. The van der Waals surface area contributed by atoms with E-state index in [1.165, 1.54) is 12.1 Å². The maximum atomic E-state index is 10.4. The number of nitrogens with two attached hydrogens (primary N) is 1. The third kappa shape index (κ3) is 8.58. The third-order valence-electron chi connectivity index (χ3n) is 1.44. The van der Waals surface area contributed by atoms with Crippen LogP contribution in [-0.2, 0) is 10.1 Å². The van der Waals surface area contributed by atoms with Crippen LogP contribution in [0.2, 0.25) is 0 Å². The summed E-state index contributed by atoms with van der Waals surface area (Å²) in [4.78, 5) is -0.178. The second-order valence-electron chi connectivity index (χ2n) is 2.78. The van der Waals surface area contributed by atoms with Crippen LogP contribution in [0.1, 0.15) is 5.56 Å². The molecule has 4 nitrogen and oxygen atoms in total. The van der Waals surface area contributed by atoms with Crippen LogP contribution in [0.3, 0.4) is 0 Å². The van der Waals surface area contributed by atoms with Gasteiger partial charge in [0, 0.05) is 12.3 Å². The molecule has 0 amide bonds. The second-order valence-corrected chi connectivity index (χ2v) is 4.61. The predicted molar refractivity (Wildman–Crippen MR) is 62.0 cm³/mol. The first-order chi connectivity index (χ1) is 6.91. The van der Waals surface area contributed by atoms with Crippen molar-refractivity contribution in [3.63, 3.8) is 0 Å². The average molecular weight is 271 g/mol. The van der Waals surface area contributed by atoms with Gasteiger partial charge in [0.15, 0.2) is 0 Å². The Labute approximate surface area is 124 Å². The van der Waals surface area contributed by atoms with Crippen molar-refractivity contribution in [3.8, 4) is 0 Å². The smallest absolute Gasteiger partial charge is 0.744 e. The van der Waals surface area contributed by atoms with E-state index in [2.05, 4.69) is 12.6 Å². The maximum absolute atomic E-state index is 10.4. The van der Waals surface area contributed by atoms with Crippen molar-refractivity contribution in [2.45, 2.75) is 11.8 Å². The number of benzene rings is 1. The first-order valence-corrected chi connectivity index (χ1v) is 6.29. The van der Waals surface area contributed by atoms with Gasteiger partial charge in [0.25, 0.3) is 0 Å². The summed E-state index contributed by atoms with van der Waals surface area (Å²) in [6.45, 7) is 2.50. The van der Waals surface area contributed by atoms with Gasteiger partial charge in [0.1, 0.15) is 10.1 Å². The number of hydrogen-bond donors (Lipinski definition) is 2. The van der Waals surface area contributed by atoms with Gasteiger partial charge in [-0.2, -0.15) is 12.6 Å². The molecule has 16 heavy (non-hydrogen) atoms. The average Bonchev–Trinajstić information content (AvgIpc) is 2.17. The van der Waals surface area contributed by atoms with E-state index in [4.69, 9.17) is 5.73 Å². The Bertz CT molecular complexity index is 376. The molecule has 0 heterocycles. The van der Waals surface area contributed by atoms with Gasteiger partial charge in [0.2, 0.25) is 0 Å². The fourth-order valence-corrected chi connectivity index (χ4v) is 1.17. The Hall–Kier alpha value is 0.440. The van der Waals surface area contributed by atoms with Gasteiger partial charge in [-0.3, -0.25) is 0 Å². The first-order valence-electron chi connectivity index (χ1n) is 4.25. The van der Waals surface area contributed by atoms with E-state index in [0.29, 0.717) is 6.54 Å².